The van der Waals surface area contributed by atoms with Crippen molar-refractivity contribution in [3.8, 4) is 11.1 Å². The number of thiol groups is 1. The Labute approximate surface area is 244 Å². The number of nitrogens with one attached hydrogen (secondary N) is 1. The van der Waals surface area contributed by atoms with Gasteiger partial charge in [-0.25, -0.2) is 14.6 Å². The second-order valence-corrected chi connectivity index (χ2v) is 10.4. The predicted octanol–water partition coefficient (Wildman–Crippen LogP) is 5.49. The molecule has 1 atom stereocenters. The fourth-order valence-electron chi connectivity index (χ4n) is 4.72. The van der Waals surface area contributed by atoms with E-state index in [-0.39, 0.29) is 30.3 Å². The third-order valence-corrected chi connectivity index (χ3v) is 7.26. The number of hydrogen-bond donors (Lipinski definition) is 4. The van der Waals surface area contributed by atoms with Gasteiger partial charge in [-0.05, 0) is 41.2 Å². The molecule has 0 aliphatic heterocycles. The van der Waals surface area contributed by atoms with Crippen LogP contribution in [0.2, 0.25) is 0 Å². The van der Waals surface area contributed by atoms with Crippen molar-refractivity contribution in [2.75, 3.05) is 0 Å². The molecule has 0 saturated heterocycles. The summed E-state index contributed by atoms with van der Waals surface area (Å²) in [6, 6.07) is 23.8. The maximum Gasteiger partial charge on any atom is 0.354 e. The summed E-state index contributed by atoms with van der Waals surface area (Å²) in [5.74, 6) is -1.78. The summed E-state index contributed by atoms with van der Waals surface area (Å²) in [6.45, 7) is 2.30. The average Bonchev–Trinajstić information content (AvgIpc) is 3.32. The number of rotatable bonds is 13. The van der Waals surface area contributed by atoms with Gasteiger partial charge in [0.25, 0.3) is 0 Å². The predicted molar refractivity (Wildman–Crippen MR) is 161 cm³/mol. The van der Waals surface area contributed by atoms with Crippen molar-refractivity contribution in [3.05, 3.63) is 113 Å². The quantitative estimate of drug-likeness (QED) is 0.157. The zero-order valence-electron chi connectivity index (χ0n) is 22.8. The average molecular weight is 572 g/mol. The Morgan fingerprint density at radius 3 is 2.24 bits per heavy atom. The number of carboxylic acids is 2. The molecule has 4 aromatic rings. The number of carboxylic acid groups (broad SMARTS) is 2. The highest BCUT2D eigenvalue weighted by Gasteiger charge is 2.24. The van der Waals surface area contributed by atoms with Crippen LogP contribution in [0.4, 0.5) is 0 Å². The Bertz CT molecular complexity index is 1520. The van der Waals surface area contributed by atoms with Crippen LogP contribution in [0.3, 0.4) is 0 Å². The summed E-state index contributed by atoms with van der Waals surface area (Å²) in [4.78, 5) is 41.5. The van der Waals surface area contributed by atoms with E-state index in [2.05, 4.69) is 29.9 Å². The molecule has 0 radical (unpaired) electrons. The van der Waals surface area contributed by atoms with Crippen molar-refractivity contribution >= 4 is 30.5 Å². The van der Waals surface area contributed by atoms with Crippen LogP contribution >= 0.6 is 12.6 Å². The molecule has 0 aliphatic carbocycles. The standard InChI is InChI=1S/C32H33N3O5S/c1-2-3-13-28-34-26(19-33-30(36)27(41)18-21-9-5-4-6-10-21)29(32(39)40)35(28)20-22-14-16-23(17-15-22)24-11-7-8-12-25(24)31(37)38/h4-12,14-17,27,41H,2-3,13,18-20H2,1H3,(H,33,36)(H,37,38)(H,39,40)/t27-/m0/s1. The van der Waals surface area contributed by atoms with Gasteiger partial charge in [0.2, 0.25) is 5.91 Å². The molecular formula is C32H33N3O5S. The van der Waals surface area contributed by atoms with Crippen LogP contribution in [0.25, 0.3) is 11.1 Å². The van der Waals surface area contributed by atoms with E-state index in [1.807, 2.05) is 54.6 Å². The van der Waals surface area contributed by atoms with Gasteiger partial charge < -0.3 is 20.1 Å². The van der Waals surface area contributed by atoms with Crippen molar-refractivity contribution in [2.24, 2.45) is 0 Å². The lowest BCUT2D eigenvalue weighted by atomic mass is 9.98. The van der Waals surface area contributed by atoms with Crippen molar-refractivity contribution in [2.45, 2.75) is 50.9 Å². The highest BCUT2D eigenvalue weighted by Crippen LogP contribution is 2.25. The Balaban J connectivity index is 1.56. The molecular weight excluding hydrogens is 538 g/mol. The first-order valence-corrected chi connectivity index (χ1v) is 14.0. The van der Waals surface area contributed by atoms with E-state index in [9.17, 15) is 24.6 Å². The van der Waals surface area contributed by atoms with Crippen LogP contribution in [0, 0.1) is 0 Å². The van der Waals surface area contributed by atoms with Gasteiger partial charge in [0, 0.05) is 13.0 Å². The zero-order chi connectivity index (χ0) is 29.4. The zero-order valence-corrected chi connectivity index (χ0v) is 23.7. The van der Waals surface area contributed by atoms with Gasteiger partial charge in [-0.2, -0.15) is 12.6 Å². The van der Waals surface area contributed by atoms with E-state index in [1.54, 1.807) is 28.8 Å². The van der Waals surface area contributed by atoms with Gasteiger partial charge in [0.05, 0.1) is 23.1 Å². The highest BCUT2D eigenvalue weighted by atomic mass is 32.1. The van der Waals surface area contributed by atoms with Crippen LogP contribution in [-0.4, -0.2) is 42.9 Å². The van der Waals surface area contributed by atoms with Crippen LogP contribution in [0.1, 0.15) is 63.3 Å². The number of carbonyl (C=O) groups excluding carboxylic acids is 1. The molecule has 3 N–H and O–H groups in total. The van der Waals surface area contributed by atoms with Crippen LogP contribution in [0.15, 0.2) is 78.9 Å². The van der Waals surface area contributed by atoms with Crippen molar-refractivity contribution < 1.29 is 24.6 Å². The largest absolute Gasteiger partial charge is 0.478 e. The molecule has 1 amide bonds. The number of carbonyl (C=O) groups is 3. The first-order valence-electron chi connectivity index (χ1n) is 13.5. The highest BCUT2D eigenvalue weighted by molar-refractivity contribution is 7.81. The Morgan fingerprint density at radius 2 is 1.59 bits per heavy atom. The van der Waals surface area contributed by atoms with E-state index in [4.69, 9.17) is 0 Å². The normalized spacial score (nSPS) is 11.7. The minimum Gasteiger partial charge on any atom is -0.478 e. The fourth-order valence-corrected chi connectivity index (χ4v) is 5.03. The lowest BCUT2D eigenvalue weighted by Crippen LogP contribution is -2.33. The molecule has 1 aromatic heterocycles. The third kappa shape index (κ3) is 7.43. The number of amides is 1. The molecule has 212 valence electrons. The summed E-state index contributed by atoms with van der Waals surface area (Å²) in [6.07, 6.45) is 2.80. The third-order valence-electron chi connectivity index (χ3n) is 6.84. The molecule has 3 aromatic carbocycles. The molecule has 41 heavy (non-hydrogen) atoms. The van der Waals surface area contributed by atoms with E-state index in [0.29, 0.717) is 29.9 Å². The minimum absolute atomic E-state index is 0.0245. The number of benzene rings is 3. The maximum atomic E-state index is 12.8. The summed E-state index contributed by atoms with van der Waals surface area (Å²) in [5.41, 5.74) is 3.73. The number of unbranched alkanes of at least 4 members (excludes halogenated alkanes) is 1. The van der Waals surface area contributed by atoms with Gasteiger partial charge in [-0.1, -0.05) is 86.1 Å². The summed E-state index contributed by atoms with van der Waals surface area (Å²) in [5, 5.41) is 21.9. The first kappa shape index (κ1) is 29.6. The van der Waals surface area contributed by atoms with Crippen LogP contribution in [-0.2, 0) is 30.7 Å². The van der Waals surface area contributed by atoms with Crippen LogP contribution in [0.5, 0.6) is 0 Å². The van der Waals surface area contributed by atoms with E-state index < -0.39 is 17.2 Å². The molecule has 9 heteroatoms. The molecule has 0 unspecified atom stereocenters. The smallest absolute Gasteiger partial charge is 0.354 e. The lowest BCUT2D eigenvalue weighted by Gasteiger charge is -2.13. The number of imidazole rings is 1. The summed E-state index contributed by atoms with van der Waals surface area (Å²) >= 11 is 4.45. The monoisotopic (exact) mass is 571 g/mol. The number of nitrogens with zero attached hydrogens (tertiary/aromatic N) is 2. The Hall–Kier alpha value is -4.37. The van der Waals surface area contributed by atoms with Gasteiger partial charge >= 0.3 is 11.9 Å². The lowest BCUT2D eigenvalue weighted by molar-refractivity contribution is -0.120. The second kappa shape index (κ2) is 13.8. The molecule has 8 nitrogen and oxygen atoms in total. The molecule has 0 saturated carbocycles. The topological polar surface area (TPSA) is 122 Å². The summed E-state index contributed by atoms with van der Waals surface area (Å²) in [7, 11) is 0. The van der Waals surface area contributed by atoms with Crippen molar-refractivity contribution in [1.82, 2.24) is 14.9 Å². The number of aromatic carboxylic acids is 2. The number of aryl methyl sites for hydroxylation is 1. The second-order valence-electron chi connectivity index (χ2n) is 9.79. The molecule has 0 spiro atoms. The van der Waals surface area contributed by atoms with Crippen molar-refractivity contribution in [1.29, 1.82) is 0 Å². The molecule has 0 aliphatic rings. The first-order chi connectivity index (χ1) is 19.8. The van der Waals surface area contributed by atoms with Gasteiger partial charge in [-0.15, -0.1) is 0 Å². The van der Waals surface area contributed by atoms with E-state index in [1.165, 1.54) is 0 Å². The van der Waals surface area contributed by atoms with Gasteiger partial charge in [-0.3, -0.25) is 4.79 Å². The van der Waals surface area contributed by atoms with Gasteiger partial charge in [0.1, 0.15) is 5.82 Å². The Morgan fingerprint density at radius 1 is 0.902 bits per heavy atom. The van der Waals surface area contributed by atoms with E-state index >= 15 is 0 Å². The maximum absolute atomic E-state index is 12.8. The fraction of sp³-hybridized carbons (Fsp3) is 0.250. The van der Waals surface area contributed by atoms with E-state index in [0.717, 1.165) is 29.5 Å². The number of hydrogen-bond acceptors (Lipinski definition) is 5. The molecule has 4 rings (SSSR count). The van der Waals surface area contributed by atoms with Gasteiger partial charge in [0.15, 0.2) is 5.69 Å². The molecule has 0 bridgehead atoms. The molecule has 1 heterocycles. The Kier molecular flexibility index (Phi) is 9.97. The minimum atomic E-state index is -1.12. The molecule has 0 fully saturated rings. The SMILES string of the molecule is CCCCc1nc(CNC(=O)[C@@H](S)Cc2ccccc2)c(C(=O)O)n1Cc1ccc(-c2ccccc2C(=O)O)cc1. The van der Waals surface area contributed by atoms with Crippen molar-refractivity contribution in [3.63, 3.8) is 0 Å². The van der Waals surface area contributed by atoms with Crippen LogP contribution < -0.4 is 5.32 Å². The summed E-state index contributed by atoms with van der Waals surface area (Å²) < 4.78 is 1.70. The number of aromatic nitrogens is 2.